The van der Waals surface area contributed by atoms with E-state index in [-0.39, 0.29) is 24.0 Å². The van der Waals surface area contributed by atoms with Crippen molar-refractivity contribution in [2.24, 2.45) is 4.99 Å². The fourth-order valence-corrected chi connectivity index (χ4v) is 1.65. The minimum absolute atomic E-state index is 0. The molecular formula is C16H21F3IN3. The highest BCUT2D eigenvalue weighted by molar-refractivity contribution is 14.0. The molecule has 0 fully saturated rings. The van der Waals surface area contributed by atoms with E-state index >= 15 is 0 Å². The van der Waals surface area contributed by atoms with E-state index in [1.165, 1.54) is 6.07 Å². The van der Waals surface area contributed by atoms with Crippen molar-refractivity contribution >= 4 is 29.9 Å². The molecule has 1 aromatic rings. The average molecular weight is 439 g/mol. The van der Waals surface area contributed by atoms with Crippen molar-refractivity contribution in [1.29, 1.82) is 0 Å². The maximum absolute atomic E-state index is 12.6. The van der Waals surface area contributed by atoms with E-state index in [2.05, 4.69) is 34.4 Å². The van der Waals surface area contributed by atoms with Gasteiger partial charge in [-0.2, -0.15) is 13.2 Å². The number of alkyl halides is 3. The van der Waals surface area contributed by atoms with E-state index < -0.39 is 11.7 Å². The van der Waals surface area contributed by atoms with E-state index in [1.54, 1.807) is 13.1 Å². The van der Waals surface area contributed by atoms with Gasteiger partial charge in [-0.15, -0.1) is 24.0 Å². The van der Waals surface area contributed by atoms with Crippen LogP contribution in [0.4, 0.5) is 13.2 Å². The number of rotatable bonds is 4. The summed E-state index contributed by atoms with van der Waals surface area (Å²) in [4.78, 5) is 4.03. The summed E-state index contributed by atoms with van der Waals surface area (Å²) in [6, 6.07) is 4.98. The first-order chi connectivity index (χ1) is 10.5. The summed E-state index contributed by atoms with van der Waals surface area (Å²) in [5.74, 6) is 6.13. The summed E-state index contributed by atoms with van der Waals surface area (Å²) in [6.45, 7) is 3.22. The highest BCUT2D eigenvalue weighted by atomic mass is 127. The Labute approximate surface area is 152 Å². The Morgan fingerprint density at radius 3 is 2.61 bits per heavy atom. The third kappa shape index (κ3) is 8.69. The predicted molar refractivity (Wildman–Crippen MR) is 98.0 cm³/mol. The van der Waals surface area contributed by atoms with Gasteiger partial charge < -0.3 is 10.6 Å². The van der Waals surface area contributed by atoms with Crippen molar-refractivity contribution in [3.63, 3.8) is 0 Å². The molecule has 0 aliphatic carbocycles. The van der Waals surface area contributed by atoms with Crippen LogP contribution in [-0.2, 0) is 6.18 Å². The fourth-order valence-electron chi connectivity index (χ4n) is 1.65. The third-order valence-electron chi connectivity index (χ3n) is 2.81. The van der Waals surface area contributed by atoms with Gasteiger partial charge in [-0.3, -0.25) is 4.99 Å². The number of hydrogen-bond acceptors (Lipinski definition) is 1. The van der Waals surface area contributed by atoms with Crippen molar-refractivity contribution in [3.8, 4) is 11.8 Å². The predicted octanol–water partition coefficient (Wildman–Crippen LogP) is 3.64. The van der Waals surface area contributed by atoms with Crippen LogP contribution < -0.4 is 10.6 Å². The minimum atomic E-state index is -4.35. The lowest BCUT2D eigenvalue weighted by atomic mass is 10.1. The molecule has 1 aromatic carbocycles. The lowest BCUT2D eigenvalue weighted by molar-refractivity contribution is -0.137. The van der Waals surface area contributed by atoms with Crippen LogP contribution >= 0.6 is 24.0 Å². The zero-order chi connectivity index (χ0) is 16.4. The smallest absolute Gasteiger partial charge is 0.356 e. The van der Waals surface area contributed by atoms with Crippen molar-refractivity contribution in [2.45, 2.75) is 25.9 Å². The molecule has 0 spiro atoms. The van der Waals surface area contributed by atoms with Gasteiger partial charge in [0.2, 0.25) is 0 Å². The van der Waals surface area contributed by atoms with Crippen LogP contribution in [-0.4, -0.2) is 26.1 Å². The topological polar surface area (TPSA) is 36.4 Å². The SMILES string of the molecule is CCCCNC(=NC)NCC#Cc1cccc(C(F)(F)F)c1.I. The van der Waals surface area contributed by atoms with Gasteiger partial charge in [0.25, 0.3) is 0 Å². The maximum Gasteiger partial charge on any atom is 0.416 e. The molecule has 2 N–H and O–H groups in total. The van der Waals surface area contributed by atoms with Gasteiger partial charge in [0.15, 0.2) is 5.96 Å². The summed E-state index contributed by atoms with van der Waals surface area (Å²) in [5.41, 5.74) is -0.352. The Bertz CT molecular complexity index is 560. The van der Waals surface area contributed by atoms with Gasteiger partial charge in [0.05, 0.1) is 12.1 Å². The molecule has 0 bridgehead atoms. The van der Waals surface area contributed by atoms with E-state index in [0.717, 1.165) is 31.5 Å². The second-order valence-corrected chi connectivity index (χ2v) is 4.59. The Balaban J connectivity index is 0.00000484. The third-order valence-corrected chi connectivity index (χ3v) is 2.81. The number of guanidine groups is 1. The Kier molecular flexibility index (Phi) is 10.5. The highest BCUT2D eigenvalue weighted by Crippen LogP contribution is 2.29. The van der Waals surface area contributed by atoms with Crippen LogP contribution in [0.25, 0.3) is 0 Å². The molecule has 0 aliphatic rings. The first-order valence-corrected chi connectivity index (χ1v) is 7.08. The molecule has 0 aromatic heterocycles. The van der Waals surface area contributed by atoms with Gasteiger partial charge in [-0.05, 0) is 24.6 Å². The quantitative estimate of drug-likeness (QED) is 0.247. The first kappa shape index (κ1) is 21.6. The summed E-state index contributed by atoms with van der Waals surface area (Å²) >= 11 is 0. The summed E-state index contributed by atoms with van der Waals surface area (Å²) in [7, 11) is 1.65. The normalized spacial score (nSPS) is 11.1. The number of unbranched alkanes of at least 4 members (excludes halogenated alkanes) is 1. The van der Waals surface area contributed by atoms with Crippen molar-refractivity contribution < 1.29 is 13.2 Å². The molecule has 0 saturated heterocycles. The Morgan fingerprint density at radius 2 is 2.00 bits per heavy atom. The molecule has 0 radical (unpaired) electrons. The van der Waals surface area contributed by atoms with Crippen molar-refractivity contribution in [2.75, 3.05) is 20.1 Å². The summed E-state index contributed by atoms with van der Waals surface area (Å²) in [5, 5.41) is 6.11. The van der Waals surface area contributed by atoms with E-state index in [1.807, 2.05) is 0 Å². The van der Waals surface area contributed by atoms with Gasteiger partial charge in [0.1, 0.15) is 0 Å². The van der Waals surface area contributed by atoms with Gasteiger partial charge >= 0.3 is 6.18 Å². The molecule has 128 valence electrons. The Morgan fingerprint density at radius 1 is 1.26 bits per heavy atom. The van der Waals surface area contributed by atoms with Gasteiger partial charge in [-0.1, -0.05) is 31.3 Å². The number of hydrogen-bond donors (Lipinski definition) is 2. The van der Waals surface area contributed by atoms with Gasteiger partial charge in [0, 0.05) is 19.2 Å². The molecule has 0 heterocycles. The molecule has 23 heavy (non-hydrogen) atoms. The molecule has 3 nitrogen and oxygen atoms in total. The van der Waals surface area contributed by atoms with E-state index in [9.17, 15) is 13.2 Å². The number of benzene rings is 1. The lowest BCUT2D eigenvalue weighted by Gasteiger charge is -2.08. The first-order valence-electron chi connectivity index (χ1n) is 7.08. The zero-order valence-electron chi connectivity index (χ0n) is 13.1. The van der Waals surface area contributed by atoms with Crippen LogP contribution in [0, 0.1) is 11.8 Å². The minimum Gasteiger partial charge on any atom is -0.356 e. The number of nitrogens with zero attached hydrogens (tertiary/aromatic N) is 1. The van der Waals surface area contributed by atoms with Crippen molar-refractivity contribution in [1.82, 2.24) is 10.6 Å². The van der Waals surface area contributed by atoms with Crippen LogP contribution in [0.2, 0.25) is 0 Å². The monoisotopic (exact) mass is 439 g/mol. The largest absolute Gasteiger partial charge is 0.416 e. The zero-order valence-corrected chi connectivity index (χ0v) is 15.5. The second kappa shape index (κ2) is 11.2. The van der Waals surface area contributed by atoms with Crippen LogP contribution in [0.5, 0.6) is 0 Å². The molecule has 0 saturated carbocycles. The molecule has 0 unspecified atom stereocenters. The fraction of sp³-hybridized carbons (Fsp3) is 0.438. The lowest BCUT2D eigenvalue weighted by Crippen LogP contribution is -2.37. The number of nitrogens with one attached hydrogen (secondary N) is 2. The molecular weight excluding hydrogens is 418 g/mol. The highest BCUT2D eigenvalue weighted by Gasteiger charge is 2.30. The maximum atomic E-state index is 12.6. The molecule has 0 amide bonds. The van der Waals surface area contributed by atoms with E-state index in [4.69, 9.17) is 0 Å². The Hall–Kier alpha value is -1.43. The standard InChI is InChI=1S/C16H20F3N3.HI/c1-3-4-10-21-15(20-2)22-11-6-8-13-7-5-9-14(12-13)16(17,18)19;/h5,7,9,12H,3-4,10-11H2,1-2H3,(H2,20,21,22);1H. The van der Waals surface area contributed by atoms with Crippen molar-refractivity contribution in [3.05, 3.63) is 35.4 Å². The average Bonchev–Trinajstić information content (AvgIpc) is 2.49. The molecule has 1 rings (SSSR count). The number of halogens is 4. The van der Waals surface area contributed by atoms with E-state index in [0.29, 0.717) is 18.1 Å². The second-order valence-electron chi connectivity index (χ2n) is 4.59. The number of aliphatic imine (C=N–C) groups is 1. The summed E-state index contributed by atoms with van der Waals surface area (Å²) < 4.78 is 37.7. The van der Waals surface area contributed by atoms with Crippen LogP contribution in [0.3, 0.4) is 0 Å². The molecule has 0 atom stereocenters. The molecule has 0 aliphatic heterocycles. The molecule has 7 heteroatoms. The van der Waals surface area contributed by atoms with Crippen LogP contribution in [0.1, 0.15) is 30.9 Å². The summed E-state index contributed by atoms with van der Waals surface area (Å²) in [6.07, 6.45) is -2.23. The van der Waals surface area contributed by atoms with Crippen LogP contribution in [0.15, 0.2) is 29.3 Å². The van der Waals surface area contributed by atoms with Gasteiger partial charge in [-0.25, -0.2) is 0 Å².